The van der Waals surface area contributed by atoms with Crippen LogP contribution in [0, 0.1) is 22.0 Å². The molecule has 0 radical (unpaired) electrons. The second-order valence-electron chi connectivity index (χ2n) is 5.86. The van der Waals surface area contributed by atoms with Crippen LogP contribution in [0.15, 0.2) is 0 Å². The number of hydrogen-bond donors (Lipinski definition) is 3. The van der Waals surface area contributed by atoms with Crippen molar-refractivity contribution in [2.24, 2.45) is 11.8 Å². The van der Waals surface area contributed by atoms with Crippen molar-refractivity contribution in [3.63, 3.8) is 0 Å². The van der Waals surface area contributed by atoms with E-state index in [1.165, 1.54) is 0 Å². The minimum Gasteiger partial charge on any atom is -0.395 e. The molecule has 9 nitrogen and oxygen atoms in total. The molecule has 1 aromatic heterocycles. The summed E-state index contributed by atoms with van der Waals surface area (Å²) in [5, 5.41) is 23.0. The lowest BCUT2D eigenvalue weighted by Crippen LogP contribution is -2.39. The van der Waals surface area contributed by atoms with Gasteiger partial charge in [0, 0.05) is 19.6 Å². The number of aromatic nitrogens is 2. The molecule has 0 aliphatic carbocycles. The largest absolute Gasteiger partial charge is 0.395 e. The van der Waals surface area contributed by atoms with Crippen molar-refractivity contribution in [2.75, 3.05) is 42.2 Å². The van der Waals surface area contributed by atoms with E-state index in [1.54, 1.807) is 0 Å². The molecule has 0 saturated carbocycles. The van der Waals surface area contributed by atoms with Crippen LogP contribution in [0.5, 0.6) is 0 Å². The fourth-order valence-corrected chi connectivity index (χ4v) is 2.94. The number of nitrogens with two attached hydrogens (primary N) is 1. The van der Waals surface area contributed by atoms with Gasteiger partial charge in [-0.3, -0.25) is 10.1 Å². The summed E-state index contributed by atoms with van der Waals surface area (Å²) in [6.07, 6.45) is 1.08. The van der Waals surface area contributed by atoms with Gasteiger partial charge in [-0.05, 0) is 18.3 Å². The standard InChI is InChI=1S/C13H22N6O3/c1-8-5-9(2)7-18(6-8)12-10(19(21)22)11(14)16-13(17-12)15-3-4-20/h8-9,20H,3-7H2,1-2H3,(H3,14,15,16,17)/t8-,9-/m0/s1. The molecular formula is C13H22N6O3. The Morgan fingerprint density at radius 3 is 2.59 bits per heavy atom. The molecule has 1 aromatic rings. The third kappa shape index (κ3) is 3.53. The number of aliphatic hydroxyl groups excluding tert-OH is 1. The smallest absolute Gasteiger partial charge is 0.353 e. The molecule has 22 heavy (non-hydrogen) atoms. The predicted octanol–water partition coefficient (Wildman–Crippen LogP) is 0.854. The highest BCUT2D eigenvalue weighted by atomic mass is 16.6. The second kappa shape index (κ2) is 6.73. The van der Waals surface area contributed by atoms with E-state index in [1.807, 2.05) is 4.90 Å². The van der Waals surface area contributed by atoms with E-state index in [-0.39, 0.29) is 36.4 Å². The van der Waals surface area contributed by atoms with Crippen LogP contribution in [0.1, 0.15) is 20.3 Å². The van der Waals surface area contributed by atoms with Crippen molar-refractivity contribution >= 4 is 23.3 Å². The molecule has 122 valence electrons. The number of hydrogen-bond acceptors (Lipinski definition) is 8. The highest BCUT2D eigenvalue weighted by molar-refractivity contribution is 5.71. The number of aliphatic hydroxyl groups is 1. The lowest BCUT2D eigenvalue weighted by Gasteiger charge is -2.35. The normalized spacial score (nSPS) is 21.7. The van der Waals surface area contributed by atoms with E-state index in [4.69, 9.17) is 10.8 Å². The van der Waals surface area contributed by atoms with E-state index >= 15 is 0 Å². The average molecular weight is 310 g/mol. The molecule has 0 unspecified atom stereocenters. The summed E-state index contributed by atoms with van der Waals surface area (Å²) in [6.45, 7) is 5.78. The number of nitrogens with zero attached hydrogens (tertiary/aromatic N) is 4. The van der Waals surface area contributed by atoms with Crippen LogP contribution in [0.4, 0.5) is 23.3 Å². The first-order valence-electron chi connectivity index (χ1n) is 7.34. The van der Waals surface area contributed by atoms with Crippen molar-refractivity contribution in [2.45, 2.75) is 20.3 Å². The van der Waals surface area contributed by atoms with Gasteiger partial charge in [0.1, 0.15) is 0 Å². The molecule has 0 aromatic carbocycles. The fraction of sp³-hybridized carbons (Fsp3) is 0.692. The zero-order valence-electron chi connectivity index (χ0n) is 12.8. The Morgan fingerprint density at radius 1 is 1.41 bits per heavy atom. The Bertz CT molecular complexity index is 543. The molecule has 0 amide bonds. The molecular weight excluding hydrogens is 288 g/mol. The lowest BCUT2D eigenvalue weighted by molar-refractivity contribution is -0.383. The molecule has 0 spiro atoms. The highest BCUT2D eigenvalue weighted by Crippen LogP contribution is 2.35. The van der Waals surface area contributed by atoms with Gasteiger partial charge in [-0.25, -0.2) is 0 Å². The molecule has 2 heterocycles. The summed E-state index contributed by atoms with van der Waals surface area (Å²) in [5.41, 5.74) is 5.50. The topological polar surface area (TPSA) is 130 Å². The van der Waals surface area contributed by atoms with Crippen LogP contribution in [0.25, 0.3) is 0 Å². The van der Waals surface area contributed by atoms with E-state index in [9.17, 15) is 10.1 Å². The number of nitrogens with one attached hydrogen (secondary N) is 1. The van der Waals surface area contributed by atoms with Crippen LogP contribution < -0.4 is 16.0 Å². The summed E-state index contributed by atoms with van der Waals surface area (Å²) < 4.78 is 0. The fourth-order valence-electron chi connectivity index (χ4n) is 2.94. The highest BCUT2D eigenvalue weighted by Gasteiger charge is 2.31. The maximum atomic E-state index is 11.3. The summed E-state index contributed by atoms with van der Waals surface area (Å²) in [7, 11) is 0. The number of anilines is 3. The second-order valence-corrected chi connectivity index (χ2v) is 5.86. The third-order valence-electron chi connectivity index (χ3n) is 3.64. The van der Waals surface area contributed by atoms with Crippen LogP contribution in [0.3, 0.4) is 0 Å². The third-order valence-corrected chi connectivity index (χ3v) is 3.64. The maximum Gasteiger partial charge on any atom is 0.353 e. The van der Waals surface area contributed by atoms with Crippen LogP contribution in [0.2, 0.25) is 0 Å². The number of piperidine rings is 1. The molecule has 0 bridgehead atoms. The van der Waals surface area contributed by atoms with Gasteiger partial charge >= 0.3 is 5.69 Å². The monoisotopic (exact) mass is 310 g/mol. The Balaban J connectivity index is 2.41. The van der Waals surface area contributed by atoms with E-state index < -0.39 is 4.92 Å². The van der Waals surface area contributed by atoms with Gasteiger partial charge in [-0.1, -0.05) is 13.8 Å². The van der Waals surface area contributed by atoms with Gasteiger partial charge in [0.15, 0.2) is 0 Å². The first kappa shape index (κ1) is 16.2. The SMILES string of the molecule is C[C@H]1C[C@H](C)CN(c2nc(NCCO)nc(N)c2[N+](=O)[O-])C1. The molecule has 4 N–H and O–H groups in total. The van der Waals surface area contributed by atoms with Gasteiger partial charge in [0.2, 0.25) is 17.6 Å². The first-order chi connectivity index (χ1) is 10.4. The summed E-state index contributed by atoms with van der Waals surface area (Å²) >= 11 is 0. The quantitative estimate of drug-likeness (QED) is 0.539. The van der Waals surface area contributed by atoms with Crippen molar-refractivity contribution in [3.8, 4) is 0 Å². The number of nitrogen functional groups attached to an aromatic ring is 1. The van der Waals surface area contributed by atoms with Crippen molar-refractivity contribution in [1.29, 1.82) is 0 Å². The molecule has 2 rings (SSSR count). The van der Waals surface area contributed by atoms with Crippen molar-refractivity contribution in [3.05, 3.63) is 10.1 Å². The minimum absolute atomic E-state index is 0.0899. The number of rotatable bonds is 5. The summed E-state index contributed by atoms with van der Waals surface area (Å²) in [4.78, 5) is 20.9. The van der Waals surface area contributed by atoms with Gasteiger partial charge < -0.3 is 21.1 Å². The molecule has 1 fully saturated rings. The Labute approximate surface area is 128 Å². The van der Waals surface area contributed by atoms with Crippen LogP contribution >= 0.6 is 0 Å². The van der Waals surface area contributed by atoms with Gasteiger partial charge in [0.25, 0.3) is 0 Å². The molecule has 2 atom stereocenters. The predicted molar refractivity (Wildman–Crippen MR) is 83.8 cm³/mol. The Hall–Kier alpha value is -2.16. The zero-order valence-corrected chi connectivity index (χ0v) is 12.8. The average Bonchev–Trinajstić information content (AvgIpc) is 2.42. The molecule has 1 saturated heterocycles. The van der Waals surface area contributed by atoms with Gasteiger partial charge in [-0.2, -0.15) is 9.97 Å². The summed E-state index contributed by atoms with van der Waals surface area (Å²) in [5.74, 6) is 1.12. The first-order valence-corrected chi connectivity index (χ1v) is 7.34. The maximum absolute atomic E-state index is 11.3. The van der Waals surface area contributed by atoms with E-state index in [0.29, 0.717) is 24.9 Å². The zero-order chi connectivity index (χ0) is 16.3. The molecule has 9 heteroatoms. The van der Waals surface area contributed by atoms with E-state index in [2.05, 4.69) is 29.1 Å². The van der Waals surface area contributed by atoms with E-state index in [0.717, 1.165) is 6.42 Å². The van der Waals surface area contributed by atoms with Crippen LogP contribution in [-0.4, -0.2) is 46.2 Å². The van der Waals surface area contributed by atoms with Crippen molar-refractivity contribution < 1.29 is 10.0 Å². The number of nitro groups is 1. The Morgan fingerprint density at radius 2 is 2.05 bits per heavy atom. The molecule has 1 aliphatic heterocycles. The van der Waals surface area contributed by atoms with Gasteiger partial charge in [-0.15, -0.1) is 0 Å². The van der Waals surface area contributed by atoms with Crippen LogP contribution in [-0.2, 0) is 0 Å². The summed E-state index contributed by atoms with van der Waals surface area (Å²) in [6, 6.07) is 0. The van der Waals surface area contributed by atoms with Crippen molar-refractivity contribution in [1.82, 2.24) is 9.97 Å². The lowest BCUT2D eigenvalue weighted by atomic mass is 9.92. The van der Waals surface area contributed by atoms with Gasteiger partial charge in [0.05, 0.1) is 11.5 Å². The molecule has 1 aliphatic rings. The Kier molecular flexibility index (Phi) is 4.96. The minimum atomic E-state index is -0.537.